The summed E-state index contributed by atoms with van der Waals surface area (Å²) in [5.74, 6) is 1.36. The lowest BCUT2D eigenvalue weighted by Gasteiger charge is -2.17. The van der Waals surface area contributed by atoms with Gasteiger partial charge in [0, 0.05) is 30.4 Å². The number of aromatic nitrogens is 1. The molecule has 2 aromatic rings. The molecule has 1 N–H and O–H groups in total. The second kappa shape index (κ2) is 10.3. The van der Waals surface area contributed by atoms with Crippen LogP contribution in [0.4, 0.5) is 0 Å². The lowest BCUT2D eigenvalue weighted by atomic mass is 10.1. The standard InChI is InChI=1S/C20H26N2O4/c1-4-24-17-13-15(14-18(25-5-2)19(17)26-6-3)20(23)22-12-10-16-9-7-8-11-21-16/h7-9,11,13-14H,4-6,10,12H2,1-3H3,(H,22,23). The van der Waals surface area contributed by atoms with Crippen LogP contribution < -0.4 is 19.5 Å². The topological polar surface area (TPSA) is 69.7 Å². The summed E-state index contributed by atoms with van der Waals surface area (Å²) in [6.07, 6.45) is 2.41. The summed E-state index contributed by atoms with van der Waals surface area (Å²) in [4.78, 5) is 16.8. The lowest BCUT2D eigenvalue weighted by Crippen LogP contribution is -2.26. The number of benzene rings is 1. The zero-order valence-electron chi connectivity index (χ0n) is 15.6. The summed E-state index contributed by atoms with van der Waals surface area (Å²) in [5.41, 5.74) is 1.41. The van der Waals surface area contributed by atoms with Gasteiger partial charge in [0.15, 0.2) is 11.5 Å². The minimum absolute atomic E-state index is 0.189. The molecular formula is C20H26N2O4. The van der Waals surface area contributed by atoms with Crippen LogP contribution in [0.3, 0.4) is 0 Å². The van der Waals surface area contributed by atoms with E-state index in [9.17, 15) is 4.79 Å². The van der Waals surface area contributed by atoms with E-state index >= 15 is 0 Å². The number of pyridine rings is 1. The second-order valence-electron chi connectivity index (χ2n) is 5.43. The maximum Gasteiger partial charge on any atom is 0.251 e. The van der Waals surface area contributed by atoms with Gasteiger partial charge in [0.1, 0.15) is 0 Å². The van der Waals surface area contributed by atoms with Crippen LogP contribution in [-0.2, 0) is 6.42 Å². The summed E-state index contributed by atoms with van der Waals surface area (Å²) in [6, 6.07) is 9.11. The van der Waals surface area contributed by atoms with Gasteiger partial charge in [0.2, 0.25) is 5.75 Å². The van der Waals surface area contributed by atoms with Gasteiger partial charge in [-0.15, -0.1) is 0 Å². The van der Waals surface area contributed by atoms with Crippen LogP contribution in [0.25, 0.3) is 0 Å². The molecule has 0 saturated heterocycles. The Hall–Kier alpha value is -2.76. The van der Waals surface area contributed by atoms with E-state index in [1.807, 2.05) is 39.0 Å². The SMILES string of the molecule is CCOc1cc(C(=O)NCCc2ccccn2)cc(OCC)c1OCC. The quantitative estimate of drug-likeness (QED) is 0.706. The normalized spacial score (nSPS) is 10.3. The van der Waals surface area contributed by atoms with Gasteiger partial charge in [0.25, 0.3) is 5.91 Å². The van der Waals surface area contributed by atoms with Crippen molar-refractivity contribution in [3.05, 3.63) is 47.8 Å². The summed E-state index contributed by atoms with van der Waals surface area (Å²) >= 11 is 0. The molecule has 1 aromatic carbocycles. The molecule has 0 spiro atoms. The molecule has 26 heavy (non-hydrogen) atoms. The van der Waals surface area contributed by atoms with Crippen molar-refractivity contribution >= 4 is 5.91 Å². The molecular weight excluding hydrogens is 332 g/mol. The molecule has 0 saturated carbocycles. The molecule has 0 radical (unpaired) electrons. The average Bonchev–Trinajstić information content (AvgIpc) is 2.65. The highest BCUT2D eigenvalue weighted by atomic mass is 16.5. The molecule has 6 nitrogen and oxygen atoms in total. The Morgan fingerprint density at radius 2 is 1.65 bits per heavy atom. The van der Waals surface area contributed by atoms with Crippen LogP contribution in [0.15, 0.2) is 36.5 Å². The van der Waals surface area contributed by atoms with Crippen molar-refractivity contribution in [1.29, 1.82) is 0 Å². The minimum Gasteiger partial charge on any atom is -0.490 e. The predicted molar refractivity (Wildman–Crippen MR) is 100 cm³/mol. The Labute approximate surface area is 154 Å². The molecule has 6 heteroatoms. The molecule has 140 valence electrons. The van der Waals surface area contributed by atoms with Crippen LogP contribution in [0.1, 0.15) is 36.8 Å². The molecule has 0 unspecified atom stereocenters. The smallest absolute Gasteiger partial charge is 0.251 e. The molecule has 0 atom stereocenters. The third-order valence-electron chi connectivity index (χ3n) is 3.56. The molecule has 0 fully saturated rings. The van der Waals surface area contributed by atoms with E-state index in [1.165, 1.54) is 0 Å². The first-order chi connectivity index (χ1) is 12.7. The number of carbonyl (C=O) groups excluding carboxylic acids is 1. The summed E-state index contributed by atoms with van der Waals surface area (Å²) in [7, 11) is 0. The van der Waals surface area contributed by atoms with Crippen molar-refractivity contribution in [2.75, 3.05) is 26.4 Å². The van der Waals surface area contributed by atoms with E-state index in [0.29, 0.717) is 55.6 Å². The minimum atomic E-state index is -0.189. The van der Waals surface area contributed by atoms with Crippen molar-refractivity contribution < 1.29 is 19.0 Å². The van der Waals surface area contributed by atoms with E-state index in [2.05, 4.69) is 10.3 Å². The van der Waals surface area contributed by atoms with Gasteiger partial charge >= 0.3 is 0 Å². The van der Waals surface area contributed by atoms with Crippen LogP contribution >= 0.6 is 0 Å². The zero-order valence-corrected chi connectivity index (χ0v) is 15.6. The van der Waals surface area contributed by atoms with Crippen molar-refractivity contribution in [3.8, 4) is 17.2 Å². The van der Waals surface area contributed by atoms with E-state index in [1.54, 1.807) is 18.3 Å². The number of rotatable bonds is 10. The predicted octanol–water partition coefficient (Wildman–Crippen LogP) is 3.25. The maximum atomic E-state index is 12.5. The van der Waals surface area contributed by atoms with Gasteiger partial charge in [0.05, 0.1) is 19.8 Å². The van der Waals surface area contributed by atoms with Gasteiger partial charge in [-0.2, -0.15) is 0 Å². The van der Waals surface area contributed by atoms with Gasteiger partial charge in [-0.05, 0) is 45.0 Å². The van der Waals surface area contributed by atoms with Gasteiger partial charge in [-0.3, -0.25) is 9.78 Å². The first-order valence-corrected chi connectivity index (χ1v) is 8.94. The van der Waals surface area contributed by atoms with Crippen molar-refractivity contribution in [2.45, 2.75) is 27.2 Å². The maximum absolute atomic E-state index is 12.5. The number of amides is 1. The highest BCUT2D eigenvalue weighted by molar-refractivity contribution is 5.95. The summed E-state index contributed by atoms with van der Waals surface area (Å²) in [5, 5.41) is 2.91. The van der Waals surface area contributed by atoms with Crippen molar-refractivity contribution in [2.24, 2.45) is 0 Å². The molecule has 0 aliphatic carbocycles. The fourth-order valence-electron chi connectivity index (χ4n) is 2.47. The fraction of sp³-hybridized carbons (Fsp3) is 0.400. The van der Waals surface area contributed by atoms with Gasteiger partial charge in [-0.1, -0.05) is 6.07 Å². The van der Waals surface area contributed by atoms with Crippen LogP contribution in [0, 0.1) is 0 Å². The number of nitrogens with zero attached hydrogens (tertiary/aromatic N) is 1. The fourth-order valence-corrected chi connectivity index (χ4v) is 2.47. The van der Waals surface area contributed by atoms with Crippen molar-refractivity contribution in [3.63, 3.8) is 0 Å². The molecule has 2 rings (SSSR count). The van der Waals surface area contributed by atoms with E-state index < -0.39 is 0 Å². The highest BCUT2D eigenvalue weighted by Crippen LogP contribution is 2.39. The summed E-state index contributed by atoms with van der Waals surface area (Å²) < 4.78 is 16.9. The van der Waals surface area contributed by atoms with Gasteiger partial charge < -0.3 is 19.5 Å². The number of hydrogen-bond acceptors (Lipinski definition) is 5. The van der Waals surface area contributed by atoms with E-state index in [-0.39, 0.29) is 5.91 Å². The molecule has 1 heterocycles. The monoisotopic (exact) mass is 358 g/mol. The second-order valence-corrected chi connectivity index (χ2v) is 5.43. The largest absolute Gasteiger partial charge is 0.490 e. The highest BCUT2D eigenvalue weighted by Gasteiger charge is 2.18. The number of nitrogens with one attached hydrogen (secondary N) is 1. The zero-order chi connectivity index (χ0) is 18.8. The summed E-state index contributed by atoms with van der Waals surface area (Å²) in [6.45, 7) is 7.58. The number of carbonyl (C=O) groups is 1. The molecule has 1 amide bonds. The Morgan fingerprint density at radius 1 is 1.00 bits per heavy atom. The number of ether oxygens (including phenoxy) is 3. The van der Waals surface area contributed by atoms with Crippen molar-refractivity contribution in [1.82, 2.24) is 10.3 Å². The molecule has 0 aliphatic rings. The lowest BCUT2D eigenvalue weighted by molar-refractivity contribution is 0.0953. The first kappa shape index (κ1) is 19.6. The third kappa shape index (κ3) is 5.37. The van der Waals surface area contributed by atoms with E-state index in [0.717, 1.165) is 5.69 Å². The van der Waals surface area contributed by atoms with Crippen LogP contribution in [0.5, 0.6) is 17.2 Å². The Kier molecular flexibility index (Phi) is 7.74. The number of hydrogen-bond donors (Lipinski definition) is 1. The van der Waals surface area contributed by atoms with E-state index in [4.69, 9.17) is 14.2 Å². The first-order valence-electron chi connectivity index (χ1n) is 8.94. The Bertz CT molecular complexity index is 677. The molecule has 0 aliphatic heterocycles. The van der Waals surface area contributed by atoms with Crippen LogP contribution in [0.2, 0.25) is 0 Å². The van der Waals surface area contributed by atoms with Crippen LogP contribution in [-0.4, -0.2) is 37.3 Å². The third-order valence-corrected chi connectivity index (χ3v) is 3.56. The Balaban J connectivity index is 2.14. The average molecular weight is 358 g/mol. The Morgan fingerprint density at radius 3 is 2.19 bits per heavy atom. The molecule has 1 aromatic heterocycles. The molecule has 0 bridgehead atoms. The van der Waals surface area contributed by atoms with Gasteiger partial charge in [-0.25, -0.2) is 0 Å².